The summed E-state index contributed by atoms with van der Waals surface area (Å²) in [6.45, 7) is -0.0504. The molecule has 1 aromatic heterocycles. The first kappa shape index (κ1) is 13.0. The van der Waals surface area contributed by atoms with Gasteiger partial charge in [-0.15, -0.1) is 0 Å². The van der Waals surface area contributed by atoms with E-state index in [1.54, 1.807) is 18.3 Å². The molecule has 1 aromatic carbocycles. The van der Waals surface area contributed by atoms with E-state index in [4.69, 9.17) is 5.11 Å². The first-order valence-corrected chi connectivity index (χ1v) is 5.60. The molecule has 1 N–H and O–H groups in total. The number of aromatic nitrogens is 2. The predicted octanol–water partition coefficient (Wildman–Crippen LogP) is 0.775. The second kappa shape index (κ2) is 5.94. The van der Waals surface area contributed by atoms with E-state index >= 15 is 0 Å². The summed E-state index contributed by atoms with van der Waals surface area (Å²) in [6.07, 6.45) is 3.01. The Bertz CT molecular complexity index is 698. The number of benzene rings is 1. The number of rotatable bonds is 2. The zero-order chi connectivity index (χ0) is 13.7. The van der Waals surface area contributed by atoms with Gasteiger partial charge in [-0.1, -0.05) is 17.9 Å². The van der Waals surface area contributed by atoms with Crippen LogP contribution in [0.4, 0.5) is 4.39 Å². The van der Waals surface area contributed by atoms with E-state index < -0.39 is 5.82 Å². The van der Waals surface area contributed by atoms with Gasteiger partial charge in [0.05, 0.1) is 6.54 Å². The molecule has 19 heavy (non-hydrogen) atoms. The molecule has 0 amide bonds. The molecule has 5 heteroatoms. The van der Waals surface area contributed by atoms with Gasteiger partial charge in [-0.05, 0) is 23.8 Å². The molecule has 2 rings (SSSR count). The zero-order valence-electron chi connectivity index (χ0n) is 10.0. The fraction of sp³-hybridized carbons (Fsp3) is 0.143. The standard InChI is InChI=1S/C14H11FN2O2/c15-13-5-4-12(11(9-13)3-1-8-18)10-17-7-2-6-16-14(17)19/h2,4-7,9,18H,8,10H2. The third-order valence-electron chi connectivity index (χ3n) is 2.50. The van der Waals surface area contributed by atoms with E-state index in [-0.39, 0.29) is 18.8 Å². The Balaban J connectivity index is 2.40. The van der Waals surface area contributed by atoms with Crippen LogP contribution in [0.15, 0.2) is 41.5 Å². The van der Waals surface area contributed by atoms with Crippen LogP contribution in [0.1, 0.15) is 11.1 Å². The molecule has 0 aliphatic heterocycles. The van der Waals surface area contributed by atoms with Gasteiger partial charge in [-0.3, -0.25) is 4.57 Å². The number of nitrogens with zero attached hydrogens (tertiary/aromatic N) is 2. The molecule has 0 spiro atoms. The fourth-order valence-electron chi connectivity index (χ4n) is 1.63. The van der Waals surface area contributed by atoms with Crippen LogP contribution >= 0.6 is 0 Å². The molecular formula is C14H11FN2O2. The molecule has 0 fully saturated rings. The fourth-order valence-corrected chi connectivity index (χ4v) is 1.63. The molecule has 2 aromatic rings. The van der Waals surface area contributed by atoms with Gasteiger partial charge in [0.1, 0.15) is 12.4 Å². The topological polar surface area (TPSA) is 55.1 Å². The van der Waals surface area contributed by atoms with Crippen LogP contribution in [-0.4, -0.2) is 21.3 Å². The molecule has 96 valence electrons. The molecule has 4 nitrogen and oxygen atoms in total. The smallest absolute Gasteiger partial charge is 0.347 e. The monoisotopic (exact) mass is 258 g/mol. The molecule has 1 heterocycles. The Hall–Kier alpha value is -2.45. The highest BCUT2D eigenvalue weighted by atomic mass is 19.1. The zero-order valence-corrected chi connectivity index (χ0v) is 10.0. The van der Waals surface area contributed by atoms with E-state index in [0.29, 0.717) is 11.1 Å². The van der Waals surface area contributed by atoms with Gasteiger partial charge in [0.15, 0.2) is 0 Å². The molecule has 0 saturated carbocycles. The van der Waals surface area contributed by atoms with Crippen molar-refractivity contribution in [2.24, 2.45) is 0 Å². The summed E-state index contributed by atoms with van der Waals surface area (Å²) >= 11 is 0. The second-order valence-electron chi connectivity index (χ2n) is 3.79. The van der Waals surface area contributed by atoms with E-state index in [2.05, 4.69) is 16.8 Å². The molecule has 0 saturated heterocycles. The van der Waals surface area contributed by atoms with E-state index in [9.17, 15) is 9.18 Å². The maximum Gasteiger partial charge on any atom is 0.347 e. The average Bonchev–Trinajstić information content (AvgIpc) is 2.41. The predicted molar refractivity (Wildman–Crippen MR) is 68.0 cm³/mol. The summed E-state index contributed by atoms with van der Waals surface area (Å²) in [5, 5.41) is 8.69. The van der Waals surface area contributed by atoms with Crippen molar-refractivity contribution in [2.45, 2.75) is 6.54 Å². The molecule has 0 aliphatic carbocycles. The molecule has 0 unspecified atom stereocenters. The van der Waals surface area contributed by atoms with Crippen LogP contribution in [-0.2, 0) is 6.54 Å². The molecule has 0 bridgehead atoms. The molecule has 0 radical (unpaired) electrons. The Morgan fingerprint density at radius 2 is 2.26 bits per heavy atom. The summed E-state index contributed by atoms with van der Waals surface area (Å²) in [5.74, 6) is 4.72. The highest BCUT2D eigenvalue weighted by Gasteiger charge is 2.04. The number of hydrogen-bond donors (Lipinski definition) is 1. The quantitative estimate of drug-likeness (QED) is 0.810. The van der Waals surface area contributed by atoms with Crippen molar-refractivity contribution in [3.05, 3.63) is 64.1 Å². The number of aliphatic hydroxyl groups is 1. The summed E-state index contributed by atoms with van der Waals surface area (Å²) < 4.78 is 14.6. The van der Waals surface area contributed by atoms with Crippen molar-refractivity contribution in [1.82, 2.24) is 9.55 Å². The van der Waals surface area contributed by atoms with E-state index in [0.717, 1.165) is 0 Å². The minimum absolute atomic E-state index is 0.252. The highest BCUT2D eigenvalue weighted by molar-refractivity contribution is 5.42. The van der Waals surface area contributed by atoms with Gasteiger partial charge in [-0.25, -0.2) is 14.2 Å². The van der Waals surface area contributed by atoms with Gasteiger partial charge in [-0.2, -0.15) is 0 Å². The Morgan fingerprint density at radius 1 is 1.42 bits per heavy atom. The van der Waals surface area contributed by atoms with Gasteiger partial charge in [0.25, 0.3) is 0 Å². The van der Waals surface area contributed by atoms with Gasteiger partial charge < -0.3 is 5.11 Å². The van der Waals surface area contributed by atoms with Crippen LogP contribution in [0.2, 0.25) is 0 Å². The Labute approximate surface area is 109 Å². The first-order chi connectivity index (χ1) is 9.20. The Kier molecular flexibility index (Phi) is 4.06. The van der Waals surface area contributed by atoms with Crippen molar-refractivity contribution in [3.8, 4) is 11.8 Å². The van der Waals surface area contributed by atoms with Gasteiger partial charge in [0, 0.05) is 18.0 Å². The highest BCUT2D eigenvalue weighted by Crippen LogP contribution is 2.11. The summed E-state index contributed by atoms with van der Waals surface area (Å²) in [4.78, 5) is 15.2. The number of hydrogen-bond acceptors (Lipinski definition) is 3. The normalized spacial score (nSPS) is 9.79. The van der Waals surface area contributed by atoms with Crippen LogP contribution in [0.5, 0.6) is 0 Å². The lowest BCUT2D eigenvalue weighted by atomic mass is 10.1. The third-order valence-corrected chi connectivity index (χ3v) is 2.50. The van der Waals surface area contributed by atoms with E-state index in [1.807, 2.05) is 0 Å². The largest absolute Gasteiger partial charge is 0.384 e. The maximum absolute atomic E-state index is 13.2. The third kappa shape index (κ3) is 3.27. The van der Waals surface area contributed by atoms with Crippen LogP contribution in [0.3, 0.4) is 0 Å². The molecular weight excluding hydrogens is 247 g/mol. The first-order valence-electron chi connectivity index (χ1n) is 5.60. The van der Waals surface area contributed by atoms with Crippen molar-refractivity contribution in [2.75, 3.05) is 6.61 Å². The van der Waals surface area contributed by atoms with Gasteiger partial charge in [0.2, 0.25) is 0 Å². The summed E-state index contributed by atoms with van der Waals surface area (Å²) in [5.41, 5.74) is 0.759. The Morgan fingerprint density at radius 3 is 3.00 bits per heavy atom. The van der Waals surface area contributed by atoms with Crippen molar-refractivity contribution >= 4 is 0 Å². The lowest BCUT2D eigenvalue weighted by Crippen LogP contribution is -2.22. The van der Waals surface area contributed by atoms with E-state index in [1.165, 1.54) is 22.9 Å². The maximum atomic E-state index is 13.2. The molecule has 0 atom stereocenters. The van der Waals surface area contributed by atoms with Crippen LogP contribution in [0, 0.1) is 17.7 Å². The van der Waals surface area contributed by atoms with Crippen molar-refractivity contribution < 1.29 is 9.50 Å². The van der Waals surface area contributed by atoms with Crippen LogP contribution < -0.4 is 5.69 Å². The minimum atomic E-state index is -0.412. The van der Waals surface area contributed by atoms with Crippen molar-refractivity contribution in [1.29, 1.82) is 0 Å². The second-order valence-corrected chi connectivity index (χ2v) is 3.79. The summed E-state index contributed by atoms with van der Waals surface area (Å²) in [7, 11) is 0. The number of halogens is 1. The lowest BCUT2D eigenvalue weighted by molar-refractivity contribution is 0.350. The average molecular weight is 258 g/mol. The molecule has 0 aliphatic rings. The summed E-state index contributed by atoms with van der Waals surface area (Å²) in [6, 6.07) is 5.79. The van der Waals surface area contributed by atoms with Crippen LogP contribution in [0.25, 0.3) is 0 Å². The van der Waals surface area contributed by atoms with Gasteiger partial charge >= 0.3 is 5.69 Å². The minimum Gasteiger partial charge on any atom is -0.384 e. The van der Waals surface area contributed by atoms with Crippen molar-refractivity contribution in [3.63, 3.8) is 0 Å². The lowest BCUT2D eigenvalue weighted by Gasteiger charge is -2.07. The number of aliphatic hydroxyl groups excluding tert-OH is 1. The SMILES string of the molecule is O=c1ncccn1Cc1ccc(F)cc1C#CCO.